The Hall–Kier alpha value is -1.86. The topological polar surface area (TPSA) is 90.4 Å². The number of imidazole rings is 1. The lowest BCUT2D eigenvalue weighted by molar-refractivity contribution is -0.389. The van der Waals surface area contributed by atoms with Crippen molar-refractivity contribution in [1.29, 1.82) is 0 Å². The summed E-state index contributed by atoms with van der Waals surface area (Å²) in [6.45, 7) is 2.52. The first kappa shape index (κ1) is 13.2. The molecule has 8 heteroatoms. The fourth-order valence-corrected chi connectivity index (χ4v) is 1.25. The van der Waals surface area contributed by atoms with Gasteiger partial charge in [0.05, 0.1) is 13.2 Å². The molecule has 1 aromatic heterocycles. The van der Waals surface area contributed by atoms with Crippen LogP contribution in [0.3, 0.4) is 0 Å². The Morgan fingerprint density at radius 1 is 1.71 bits per heavy atom. The van der Waals surface area contributed by atoms with Gasteiger partial charge in [0.15, 0.2) is 0 Å². The van der Waals surface area contributed by atoms with E-state index in [0.717, 1.165) is 0 Å². The van der Waals surface area contributed by atoms with Crippen LogP contribution >= 0.6 is 0 Å². The molecule has 1 unspecified atom stereocenters. The van der Waals surface area contributed by atoms with Gasteiger partial charge in [-0.2, -0.15) is 4.91 Å². The summed E-state index contributed by atoms with van der Waals surface area (Å²) in [6, 6.07) is -0.804. The third kappa shape index (κ3) is 3.05. The summed E-state index contributed by atoms with van der Waals surface area (Å²) in [5.74, 6) is -0.312. The molecule has 0 amide bonds. The van der Waals surface area contributed by atoms with E-state index in [1.165, 1.54) is 17.1 Å². The smallest absolute Gasteiger partial charge is 0.358 e. The number of aromatic nitrogens is 2. The Morgan fingerprint density at radius 2 is 2.35 bits per heavy atom. The quantitative estimate of drug-likeness (QED) is 0.434. The zero-order chi connectivity index (χ0) is 13.1. The third-order valence-electron chi connectivity index (χ3n) is 2.56. The van der Waals surface area contributed by atoms with E-state index in [1.807, 2.05) is 0 Å². The van der Waals surface area contributed by atoms with Crippen LogP contribution in [0.4, 0.5) is 10.2 Å². The summed E-state index contributed by atoms with van der Waals surface area (Å²) in [5, 5.41) is 13.3. The second-order valence-corrected chi connectivity index (χ2v) is 4.43. The molecule has 0 aromatic carbocycles. The number of hydrogen-bond acceptors (Lipinski definition) is 5. The van der Waals surface area contributed by atoms with Gasteiger partial charge >= 0.3 is 5.82 Å². The molecule has 1 aromatic rings. The highest BCUT2D eigenvalue weighted by molar-refractivity contribution is 5.12. The molecule has 0 fully saturated rings. The number of nitrogens with zero attached hydrogens (tertiary/aromatic N) is 4. The van der Waals surface area contributed by atoms with Crippen LogP contribution in [0.2, 0.25) is 0 Å². The van der Waals surface area contributed by atoms with Gasteiger partial charge in [0.1, 0.15) is 12.2 Å². The fraction of sp³-hybridized carbons (Fsp3) is 0.667. The third-order valence-corrected chi connectivity index (χ3v) is 2.56. The Kier molecular flexibility index (Phi) is 3.87. The van der Waals surface area contributed by atoms with Crippen molar-refractivity contribution >= 4 is 5.82 Å². The first-order chi connectivity index (χ1) is 7.90. The predicted molar refractivity (Wildman–Crippen MR) is 58.2 cm³/mol. The van der Waals surface area contributed by atoms with Crippen molar-refractivity contribution < 1.29 is 9.31 Å². The minimum atomic E-state index is -0.902. The molecular formula is C9H13FN4O3. The maximum absolute atomic E-state index is 12.7. The Labute approximate surface area is 96.8 Å². The molecule has 0 aliphatic heterocycles. The van der Waals surface area contributed by atoms with Crippen molar-refractivity contribution in [3.8, 4) is 0 Å². The van der Waals surface area contributed by atoms with Crippen molar-refractivity contribution in [1.82, 2.24) is 9.55 Å². The van der Waals surface area contributed by atoms with Crippen LogP contribution in [0.1, 0.15) is 13.8 Å². The van der Waals surface area contributed by atoms with Crippen LogP contribution in [0.15, 0.2) is 17.7 Å². The molecule has 0 spiro atoms. The van der Waals surface area contributed by atoms with Crippen LogP contribution < -0.4 is 0 Å². The lowest BCUT2D eigenvalue weighted by Gasteiger charge is -2.25. The van der Waals surface area contributed by atoms with Crippen molar-refractivity contribution in [2.45, 2.75) is 26.4 Å². The highest BCUT2D eigenvalue weighted by atomic mass is 19.1. The van der Waals surface area contributed by atoms with Crippen molar-refractivity contribution in [3.05, 3.63) is 27.5 Å². The van der Waals surface area contributed by atoms with E-state index in [0.29, 0.717) is 0 Å². The Bertz CT molecular complexity index is 418. The zero-order valence-corrected chi connectivity index (χ0v) is 9.54. The first-order valence-corrected chi connectivity index (χ1v) is 4.95. The van der Waals surface area contributed by atoms with Crippen LogP contribution in [-0.2, 0) is 6.54 Å². The lowest BCUT2D eigenvalue weighted by atomic mass is 9.86. The average molecular weight is 244 g/mol. The van der Waals surface area contributed by atoms with E-state index in [9.17, 15) is 19.4 Å². The molecule has 0 saturated carbocycles. The predicted octanol–water partition coefficient (Wildman–Crippen LogP) is 1.92. The van der Waals surface area contributed by atoms with Gasteiger partial charge in [0, 0.05) is 5.41 Å². The standard InChI is InChI=1S/C9H13FN4O3/c1-9(2,5-10)7(12-15)3-13-4-8(11-6-13)14(16)17/h4,6-7H,3,5H2,1-2H3. The number of hydrogen-bond donors (Lipinski definition) is 0. The largest absolute Gasteiger partial charge is 0.381 e. The van der Waals surface area contributed by atoms with Crippen LogP contribution in [0.5, 0.6) is 0 Å². The van der Waals surface area contributed by atoms with Crippen molar-refractivity contribution in [2.75, 3.05) is 6.67 Å². The number of nitro groups is 1. The van der Waals surface area contributed by atoms with Crippen molar-refractivity contribution in [3.63, 3.8) is 0 Å². The number of nitroso groups, excluding NO2 is 1. The van der Waals surface area contributed by atoms with Crippen LogP contribution in [0, 0.1) is 20.4 Å². The highest BCUT2D eigenvalue weighted by Crippen LogP contribution is 2.25. The fourth-order valence-electron chi connectivity index (χ4n) is 1.25. The SMILES string of the molecule is CC(C)(CF)C(Cn1cnc([N+](=O)[O-])c1)N=O. The summed E-state index contributed by atoms with van der Waals surface area (Å²) in [5.41, 5.74) is -0.902. The van der Waals surface area contributed by atoms with Gasteiger partial charge in [0.2, 0.25) is 6.33 Å². The second kappa shape index (κ2) is 4.98. The maximum atomic E-state index is 12.7. The summed E-state index contributed by atoms with van der Waals surface area (Å²) >= 11 is 0. The molecule has 0 aliphatic rings. The summed E-state index contributed by atoms with van der Waals surface area (Å²) < 4.78 is 14.1. The van der Waals surface area contributed by atoms with E-state index in [1.54, 1.807) is 13.8 Å². The minimum Gasteiger partial charge on any atom is -0.358 e. The van der Waals surface area contributed by atoms with Gasteiger partial charge in [0.25, 0.3) is 0 Å². The molecule has 1 atom stereocenters. The van der Waals surface area contributed by atoms with E-state index < -0.39 is 23.1 Å². The molecule has 0 bridgehead atoms. The molecule has 0 radical (unpaired) electrons. The highest BCUT2D eigenvalue weighted by Gasteiger charge is 2.31. The number of alkyl halides is 1. The van der Waals surface area contributed by atoms with Crippen LogP contribution in [-0.4, -0.2) is 27.2 Å². The normalized spacial score (nSPS) is 13.4. The maximum Gasteiger partial charge on any atom is 0.381 e. The minimum absolute atomic E-state index is 0.0707. The molecular weight excluding hydrogens is 231 g/mol. The van der Waals surface area contributed by atoms with Crippen LogP contribution in [0.25, 0.3) is 0 Å². The van der Waals surface area contributed by atoms with E-state index in [4.69, 9.17) is 0 Å². The molecule has 0 N–H and O–H groups in total. The summed E-state index contributed by atoms with van der Waals surface area (Å²) in [6.07, 6.45) is 2.41. The van der Waals surface area contributed by atoms with Crippen molar-refractivity contribution in [2.24, 2.45) is 10.6 Å². The van der Waals surface area contributed by atoms with E-state index in [-0.39, 0.29) is 12.4 Å². The van der Waals surface area contributed by atoms with Gasteiger partial charge < -0.3 is 14.7 Å². The zero-order valence-electron chi connectivity index (χ0n) is 9.54. The number of rotatable bonds is 6. The van der Waals surface area contributed by atoms with Gasteiger partial charge in [-0.1, -0.05) is 19.0 Å². The van der Waals surface area contributed by atoms with Gasteiger partial charge in [-0.25, -0.2) is 0 Å². The Morgan fingerprint density at radius 3 is 2.76 bits per heavy atom. The first-order valence-electron chi connectivity index (χ1n) is 4.95. The van der Waals surface area contributed by atoms with Gasteiger partial charge in [-0.05, 0) is 9.91 Å². The second-order valence-electron chi connectivity index (χ2n) is 4.43. The molecule has 17 heavy (non-hydrogen) atoms. The molecule has 7 nitrogen and oxygen atoms in total. The molecule has 94 valence electrons. The molecule has 0 aliphatic carbocycles. The Balaban J connectivity index is 2.81. The lowest BCUT2D eigenvalue weighted by Crippen LogP contribution is -2.33. The van der Waals surface area contributed by atoms with E-state index in [2.05, 4.69) is 10.2 Å². The summed E-state index contributed by atoms with van der Waals surface area (Å²) in [7, 11) is 0. The molecule has 0 saturated heterocycles. The summed E-state index contributed by atoms with van der Waals surface area (Å²) in [4.78, 5) is 24.0. The van der Waals surface area contributed by atoms with E-state index >= 15 is 0 Å². The monoisotopic (exact) mass is 244 g/mol. The molecule has 1 rings (SSSR count). The average Bonchev–Trinajstić information content (AvgIpc) is 2.74. The number of halogens is 1. The molecule has 1 heterocycles. The van der Waals surface area contributed by atoms with Gasteiger partial charge in [-0.15, -0.1) is 0 Å². The van der Waals surface area contributed by atoms with Gasteiger partial charge in [-0.3, -0.25) is 4.39 Å².